The monoisotopic (exact) mass is 332 g/mol. The first kappa shape index (κ1) is 16.5. The molecule has 0 spiro atoms. The Morgan fingerprint density at radius 2 is 2.05 bits per heavy atom. The summed E-state index contributed by atoms with van der Waals surface area (Å²) in [6.07, 6.45) is 1.91. The van der Waals surface area contributed by atoms with Crippen LogP contribution in [0.3, 0.4) is 0 Å². The molecule has 1 aliphatic rings. The topological polar surface area (TPSA) is 67.4 Å². The highest BCUT2D eigenvalue weighted by Crippen LogP contribution is 2.29. The molecule has 1 aromatic carbocycles. The van der Waals surface area contributed by atoms with Crippen molar-refractivity contribution < 1.29 is 13.2 Å². The molecule has 21 heavy (non-hydrogen) atoms. The van der Waals surface area contributed by atoms with E-state index in [1.807, 2.05) is 0 Å². The molecule has 2 N–H and O–H groups in total. The predicted molar refractivity (Wildman–Crippen MR) is 83.4 cm³/mol. The van der Waals surface area contributed by atoms with Crippen LogP contribution in [0.2, 0.25) is 5.02 Å². The Labute approximate surface area is 131 Å². The van der Waals surface area contributed by atoms with E-state index in [0.717, 1.165) is 25.9 Å². The normalized spacial score (nSPS) is 18.4. The van der Waals surface area contributed by atoms with E-state index in [4.69, 9.17) is 16.3 Å². The first-order chi connectivity index (χ1) is 9.86. The van der Waals surface area contributed by atoms with Gasteiger partial charge < -0.3 is 10.1 Å². The molecular weight excluding hydrogens is 312 g/mol. The van der Waals surface area contributed by atoms with Crippen LogP contribution in [0.1, 0.15) is 19.8 Å². The van der Waals surface area contributed by atoms with Crippen molar-refractivity contribution >= 4 is 21.6 Å². The summed E-state index contributed by atoms with van der Waals surface area (Å²) < 4.78 is 32.4. The molecule has 1 heterocycles. The summed E-state index contributed by atoms with van der Waals surface area (Å²) in [7, 11) is -2.06. The van der Waals surface area contributed by atoms with E-state index in [2.05, 4.69) is 17.0 Å². The minimum Gasteiger partial charge on any atom is -0.495 e. The quantitative estimate of drug-likeness (QED) is 0.865. The number of sulfonamides is 1. The number of benzene rings is 1. The molecule has 1 fully saturated rings. The van der Waals surface area contributed by atoms with Gasteiger partial charge >= 0.3 is 0 Å². The van der Waals surface area contributed by atoms with Gasteiger partial charge in [0.15, 0.2) is 0 Å². The smallest absolute Gasteiger partial charge is 0.240 e. The molecule has 1 saturated heterocycles. The van der Waals surface area contributed by atoms with Gasteiger partial charge in [0, 0.05) is 6.54 Å². The van der Waals surface area contributed by atoms with Crippen LogP contribution in [0.15, 0.2) is 23.1 Å². The molecule has 0 bridgehead atoms. The zero-order chi connectivity index (χ0) is 15.5. The minimum absolute atomic E-state index is 0.00537. The maximum absolute atomic E-state index is 12.3. The average Bonchev–Trinajstić information content (AvgIpc) is 2.46. The molecule has 0 radical (unpaired) electrons. The van der Waals surface area contributed by atoms with Crippen molar-refractivity contribution in [2.75, 3.05) is 26.7 Å². The van der Waals surface area contributed by atoms with Crippen LogP contribution in [-0.2, 0) is 10.0 Å². The Balaban J connectivity index is 2.09. The van der Waals surface area contributed by atoms with E-state index in [0.29, 0.717) is 12.3 Å². The Morgan fingerprint density at radius 3 is 2.62 bits per heavy atom. The number of nitrogens with one attached hydrogen (secondary N) is 2. The van der Waals surface area contributed by atoms with Crippen molar-refractivity contribution in [3.63, 3.8) is 0 Å². The van der Waals surface area contributed by atoms with Crippen molar-refractivity contribution in [3.05, 3.63) is 23.2 Å². The molecule has 118 valence electrons. The van der Waals surface area contributed by atoms with Crippen LogP contribution in [0.4, 0.5) is 0 Å². The number of halogens is 1. The molecule has 0 amide bonds. The zero-order valence-electron chi connectivity index (χ0n) is 12.3. The second-order valence-electron chi connectivity index (χ2n) is 5.68. The van der Waals surface area contributed by atoms with Crippen LogP contribution >= 0.6 is 11.6 Å². The van der Waals surface area contributed by atoms with E-state index in [-0.39, 0.29) is 15.3 Å². The van der Waals surface area contributed by atoms with E-state index < -0.39 is 10.0 Å². The number of hydrogen-bond acceptors (Lipinski definition) is 4. The second-order valence-corrected chi connectivity index (χ2v) is 7.86. The molecular formula is C14H21ClN2O3S. The van der Waals surface area contributed by atoms with Gasteiger partial charge in [0.1, 0.15) is 5.75 Å². The van der Waals surface area contributed by atoms with Gasteiger partial charge in [-0.2, -0.15) is 0 Å². The molecule has 0 aromatic heterocycles. The highest BCUT2D eigenvalue weighted by atomic mass is 35.5. The third kappa shape index (κ3) is 4.10. The van der Waals surface area contributed by atoms with Gasteiger partial charge in [-0.15, -0.1) is 0 Å². The minimum atomic E-state index is -3.56. The largest absolute Gasteiger partial charge is 0.495 e. The van der Waals surface area contributed by atoms with Crippen molar-refractivity contribution in [1.82, 2.24) is 10.0 Å². The molecule has 5 nitrogen and oxygen atoms in total. The number of ether oxygens (including phenoxy) is 1. The number of methoxy groups -OCH3 is 1. The molecule has 0 atom stereocenters. The van der Waals surface area contributed by atoms with Gasteiger partial charge in [0.2, 0.25) is 10.0 Å². The van der Waals surface area contributed by atoms with Crippen LogP contribution in [0.25, 0.3) is 0 Å². The summed E-state index contributed by atoms with van der Waals surface area (Å²) in [5.41, 5.74) is -0.00537. The van der Waals surface area contributed by atoms with E-state index in [1.54, 1.807) is 6.07 Å². The Bertz CT molecular complexity index is 598. The SMILES string of the molecule is COc1ccc(S(=O)(=O)NCC2(C)CCNCC2)cc1Cl. The lowest BCUT2D eigenvalue weighted by molar-refractivity contribution is 0.232. The number of piperidine rings is 1. The van der Waals surface area contributed by atoms with Crippen LogP contribution < -0.4 is 14.8 Å². The summed E-state index contributed by atoms with van der Waals surface area (Å²) in [6.45, 7) is 4.39. The third-order valence-electron chi connectivity index (χ3n) is 3.93. The predicted octanol–water partition coefficient (Wildman–Crippen LogP) is 2.02. The highest BCUT2D eigenvalue weighted by molar-refractivity contribution is 7.89. The van der Waals surface area contributed by atoms with Gasteiger partial charge in [-0.3, -0.25) is 0 Å². The first-order valence-electron chi connectivity index (χ1n) is 6.90. The van der Waals surface area contributed by atoms with Gasteiger partial charge in [-0.25, -0.2) is 13.1 Å². The van der Waals surface area contributed by atoms with Crippen molar-refractivity contribution in [3.8, 4) is 5.75 Å². The van der Waals surface area contributed by atoms with Crippen molar-refractivity contribution in [2.45, 2.75) is 24.7 Å². The lowest BCUT2D eigenvalue weighted by Crippen LogP contribution is -2.42. The molecule has 2 rings (SSSR count). The Morgan fingerprint density at radius 1 is 1.38 bits per heavy atom. The maximum Gasteiger partial charge on any atom is 0.240 e. The lowest BCUT2D eigenvalue weighted by atomic mass is 9.81. The standard InChI is InChI=1S/C14H21ClN2O3S/c1-14(5-7-16-8-6-14)10-17-21(18,19)11-3-4-13(20-2)12(15)9-11/h3-4,9,16-17H,5-8,10H2,1-2H3. The lowest BCUT2D eigenvalue weighted by Gasteiger charge is -2.34. The van der Waals surface area contributed by atoms with Gasteiger partial charge in [-0.05, 0) is 49.5 Å². The fourth-order valence-electron chi connectivity index (χ4n) is 2.37. The average molecular weight is 333 g/mol. The Hall–Kier alpha value is -0.820. The van der Waals surface area contributed by atoms with Gasteiger partial charge in [0.05, 0.1) is 17.0 Å². The summed E-state index contributed by atoms with van der Waals surface area (Å²) in [6, 6.07) is 4.47. The Kier molecular flexibility index (Phi) is 5.14. The second kappa shape index (κ2) is 6.52. The van der Waals surface area contributed by atoms with E-state index in [9.17, 15) is 8.42 Å². The summed E-state index contributed by atoms with van der Waals surface area (Å²) in [5, 5.41) is 3.57. The molecule has 0 saturated carbocycles. The van der Waals surface area contributed by atoms with Crippen molar-refractivity contribution in [2.24, 2.45) is 5.41 Å². The van der Waals surface area contributed by atoms with Crippen LogP contribution in [0, 0.1) is 5.41 Å². The fraction of sp³-hybridized carbons (Fsp3) is 0.571. The third-order valence-corrected chi connectivity index (χ3v) is 5.63. The van der Waals surface area contributed by atoms with E-state index in [1.165, 1.54) is 19.2 Å². The van der Waals surface area contributed by atoms with Crippen molar-refractivity contribution in [1.29, 1.82) is 0 Å². The highest BCUT2D eigenvalue weighted by Gasteiger charge is 2.28. The molecule has 1 aromatic rings. The summed E-state index contributed by atoms with van der Waals surface area (Å²) >= 11 is 5.99. The summed E-state index contributed by atoms with van der Waals surface area (Å²) in [5.74, 6) is 0.459. The van der Waals surface area contributed by atoms with E-state index >= 15 is 0 Å². The van der Waals surface area contributed by atoms with Gasteiger partial charge in [0.25, 0.3) is 0 Å². The van der Waals surface area contributed by atoms with Crippen LogP contribution in [0.5, 0.6) is 5.75 Å². The van der Waals surface area contributed by atoms with Gasteiger partial charge in [-0.1, -0.05) is 18.5 Å². The molecule has 0 aliphatic carbocycles. The molecule has 1 aliphatic heterocycles. The zero-order valence-corrected chi connectivity index (χ0v) is 13.9. The molecule has 0 unspecified atom stereocenters. The number of hydrogen-bond donors (Lipinski definition) is 2. The molecule has 7 heteroatoms. The first-order valence-corrected chi connectivity index (χ1v) is 8.76. The fourth-order valence-corrected chi connectivity index (χ4v) is 3.92. The maximum atomic E-state index is 12.3. The number of rotatable bonds is 5. The van der Waals surface area contributed by atoms with Crippen LogP contribution in [-0.4, -0.2) is 35.2 Å². The summed E-state index contributed by atoms with van der Waals surface area (Å²) in [4.78, 5) is 0.158.